The Morgan fingerprint density at radius 1 is 1.15 bits per heavy atom. The largest absolute Gasteiger partial charge is 0.462 e. The Balaban J connectivity index is 1.99. The Morgan fingerprint density at radius 3 is 2.30 bits per heavy atom. The lowest BCUT2D eigenvalue weighted by atomic mass is 9.81. The van der Waals surface area contributed by atoms with E-state index in [0.29, 0.717) is 17.0 Å². The smallest absolute Gasteiger partial charge is 0.341 e. The number of anilines is 1. The summed E-state index contributed by atoms with van der Waals surface area (Å²) in [6.45, 7) is 10.2. The lowest BCUT2D eigenvalue weighted by Crippen LogP contribution is -2.55. The molecule has 33 heavy (non-hydrogen) atoms. The fourth-order valence-electron chi connectivity index (χ4n) is 4.20. The lowest BCUT2D eigenvalue weighted by Gasteiger charge is -2.42. The number of sulfonamides is 1. The molecule has 0 fully saturated rings. The highest BCUT2D eigenvalue weighted by molar-refractivity contribution is 7.89. The van der Waals surface area contributed by atoms with E-state index in [-0.39, 0.29) is 22.6 Å². The van der Waals surface area contributed by atoms with Crippen molar-refractivity contribution >= 4 is 38.2 Å². The standard InChI is InChI=1S/C23H31N3O5S2/c1-8-31-21(28)17-16-13-22(2,3)25-23(4,5)18(16)32-20(17)24-19(27)14-9-11-15(12-10-14)33(29,30)26(6)7/h9-12,25H,8,13H2,1-7H3,(H,24,27). The number of amides is 1. The number of benzene rings is 1. The first-order valence-corrected chi connectivity index (χ1v) is 12.9. The number of fused-ring (bicyclic) bond motifs is 1. The minimum absolute atomic E-state index is 0.0953. The van der Waals surface area contributed by atoms with Gasteiger partial charge in [-0.3, -0.25) is 4.79 Å². The second-order valence-corrected chi connectivity index (χ2v) is 12.6. The van der Waals surface area contributed by atoms with Crippen LogP contribution in [0.5, 0.6) is 0 Å². The highest BCUT2D eigenvalue weighted by Crippen LogP contribution is 2.45. The van der Waals surface area contributed by atoms with Crippen molar-refractivity contribution in [2.45, 2.75) is 57.0 Å². The minimum Gasteiger partial charge on any atom is -0.462 e. The van der Waals surface area contributed by atoms with Crippen molar-refractivity contribution in [3.8, 4) is 0 Å². The van der Waals surface area contributed by atoms with Gasteiger partial charge >= 0.3 is 5.97 Å². The molecule has 0 unspecified atom stereocenters. The first-order valence-electron chi connectivity index (χ1n) is 10.7. The average Bonchev–Trinajstić information content (AvgIpc) is 3.05. The molecule has 10 heteroatoms. The van der Waals surface area contributed by atoms with Crippen LogP contribution < -0.4 is 10.6 Å². The fraction of sp³-hybridized carbons (Fsp3) is 0.478. The van der Waals surface area contributed by atoms with Crippen LogP contribution in [-0.2, 0) is 26.7 Å². The van der Waals surface area contributed by atoms with Crippen LogP contribution in [-0.4, -0.2) is 50.8 Å². The number of nitrogens with zero attached hydrogens (tertiary/aromatic N) is 1. The van der Waals surface area contributed by atoms with Gasteiger partial charge in [0, 0.05) is 35.6 Å². The quantitative estimate of drug-likeness (QED) is 0.596. The molecule has 0 spiro atoms. The molecule has 2 N–H and O–H groups in total. The molecule has 0 bridgehead atoms. The summed E-state index contributed by atoms with van der Waals surface area (Å²) in [6.07, 6.45) is 0.614. The molecule has 2 aromatic rings. The Morgan fingerprint density at radius 2 is 1.76 bits per heavy atom. The fourth-order valence-corrected chi connectivity index (χ4v) is 6.36. The van der Waals surface area contributed by atoms with Crippen LogP contribution in [0.25, 0.3) is 0 Å². The molecule has 0 aliphatic carbocycles. The van der Waals surface area contributed by atoms with Crippen LogP contribution in [0.1, 0.15) is 65.8 Å². The van der Waals surface area contributed by atoms with Gasteiger partial charge in [-0.05, 0) is 70.9 Å². The molecule has 0 saturated carbocycles. The zero-order valence-electron chi connectivity index (χ0n) is 20.0. The molecule has 1 aromatic heterocycles. The van der Waals surface area contributed by atoms with Crippen LogP contribution in [0.2, 0.25) is 0 Å². The highest BCUT2D eigenvalue weighted by Gasteiger charge is 2.42. The van der Waals surface area contributed by atoms with Crippen molar-refractivity contribution in [1.29, 1.82) is 0 Å². The first-order chi connectivity index (χ1) is 15.2. The molecular weight excluding hydrogens is 462 g/mol. The number of nitrogens with one attached hydrogen (secondary N) is 2. The third-order valence-electron chi connectivity index (χ3n) is 5.45. The second-order valence-electron chi connectivity index (χ2n) is 9.41. The number of ether oxygens (including phenoxy) is 1. The van der Waals surface area contributed by atoms with Crippen LogP contribution in [0, 0.1) is 0 Å². The molecule has 0 radical (unpaired) electrons. The molecule has 1 aromatic carbocycles. The Bertz CT molecular complexity index is 1180. The van der Waals surface area contributed by atoms with E-state index >= 15 is 0 Å². The number of hydrogen-bond acceptors (Lipinski definition) is 7. The molecular formula is C23H31N3O5S2. The van der Waals surface area contributed by atoms with Crippen LogP contribution in [0.3, 0.4) is 0 Å². The highest BCUT2D eigenvalue weighted by atomic mass is 32.2. The molecule has 8 nitrogen and oxygen atoms in total. The molecule has 3 rings (SSSR count). The van der Waals surface area contributed by atoms with E-state index in [0.717, 1.165) is 14.7 Å². The summed E-state index contributed by atoms with van der Waals surface area (Å²) >= 11 is 1.36. The summed E-state index contributed by atoms with van der Waals surface area (Å²) in [7, 11) is -0.698. The Hall–Kier alpha value is -2.27. The first kappa shape index (κ1) is 25.4. The monoisotopic (exact) mass is 493 g/mol. The summed E-state index contributed by atoms with van der Waals surface area (Å²) in [5, 5.41) is 6.89. The van der Waals surface area contributed by atoms with Gasteiger partial charge in [-0.25, -0.2) is 17.5 Å². The molecule has 180 valence electrons. The van der Waals surface area contributed by atoms with Gasteiger partial charge in [0.1, 0.15) is 5.00 Å². The van der Waals surface area contributed by atoms with Gasteiger partial charge < -0.3 is 15.4 Å². The van der Waals surface area contributed by atoms with Crippen molar-refractivity contribution < 1.29 is 22.7 Å². The Kier molecular flexibility index (Phi) is 6.78. The van der Waals surface area contributed by atoms with Gasteiger partial charge in [0.25, 0.3) is 5.91 Å². The van der Waals surface area contributed by atoms with E-state index in [1.54, 1.807) is 6.92 Å². The summed E-state index contributed by atoms with van der Waals surface area (Å²) in [4.78, 5) is 27.0. The Labute approximate surface area is 199 Å². The predicted octanol–water partition coefficient (Wildman–Crippen LogP) is 3.59. The summed E-state index contributed by atoms with van der Waals surface area (Å²) in [6, 6.07) is 5.70. The van der Waals surface area contributed by atoms with Crippen LogP contribution in [0.4, 0.5) is 5.00 Å². The third-order valence-corrected chi connectivity index (χ3v) is 8.75. The predicted molar refractivity (Wildman–Crippen MR) is 129 cm³/mol. The van der Waals surface area contributed by atoms with E-state index in [9.17, 15) is 18.0 Å². The topological polar surface area (TPSA) is 105 Å². The SMILES string of the molecule is CCOC(=O)c1c(NC(=O)c2ccc(S(=O)(=O)N(C)C)cc2)sc2c1CC(C)(C)NC2(C)C. The number of rotatable bonds is 6. The van der Waals surface area contributed by atoms with Gasteiger partial charge in [0.05, 0.1) is 17.1 Å². The normalized spacial score (nSPS) is 16.8. The van der Waals surface area contributed by atoms with E-state index in [2.05, 4.69) is 24.5 Å². The van der Waals surface area contributed by atoms with E-state index < -0.39 is 27.4 Å². The number of hydrogen-bond donors (Lipinski definition) is 2. The van der Waals surface area contributed by atoms with Gasteiger partial charge in [-0.1, -0.05) is 0 Å². The van der Waals surface area contributed by atoms with Crippen LogP contribution >= 0.6 is 11.3 Å². The number of esters is 1. The van der Waals surface area contributed by atoms with E-state index in [1.165, 1.54) is 49.7 Å². The van der Waals surface area contributed by atoms with Crippen molar-refractivity contribution in [3.63, 3.8) is 0 Å². The maximum Gasteiger partial charge on any atom is 0.341 e. The molecule has 1 amide bonds. The molecule has 2 heterocycles. The van der Waals surface area contributed by atoms with E-state index in [1.807, 2.05) is 13.8 Å². The molecule has 0 saturated heterocycles. The molecule has 1 aliphatic heterocycles. The average molecular weight is 494 g/mol. The summed E-state index contributed by atoms with van der Waals surface area (Å²) in [5.74, 6) is -0.899. The summed E-state index contributed by atoms with van der Waals surface area (Å²) < 4.78 is 31.0. The number of thiophene rings is 1. The van der Waals surface area contributed by atoms with Gasteiger partial charge in [0.2, 0.25) is 10.0 Å². The maximum absolute atomic E-state index is 13.0. The van der Waals surface area contributed by atoms with Gasteiger partial charge in [0.15, 0.2) is 0 Å². The molecule has 0 atom stereocenters. The summed E-state index contributed by atoms with van der Waals surface area (Å²) in [5.41, 5.74) is 0.920. The van der Waals surface area contributed by atoms with Gasteiger partial charge in [-0.2, -0.15) is 0 Å². The number of carbonyl (C=O) groups excluding carboxylic acids is 2. The van der Waals surface area contributed by atoms with E-state index in [4.69, 9.17) is 4.74 Å². The van der Waals surface area contributed by atoms with Crippen molar-refractivity contribution in [2.24, 2.45) is 0 Å². The zero-order valence-corrected chi connectivity index (χ0v) is 21.7. The van der Waals surface area contributed by atoms with Crippen LogP contribution in [0.15, 0.2) is 29.2 Å². The number of carbonyl (C=O) groups is 2. The van der Waals surface area contributed by atoms with Gasteiger partial charge in [-0.15, -0.1) is 11.3 Å². The van der Waals surface area contributed by atoms with Crippen molar-refractivity contribution in [1.82, 2.24) is 9.62 Å². The minimum atomic E-state index is -3.59. The van der Waals surface area contributed by atoms with Crippen molar-refractivity contribution in [3.05, 3.63) is 45.8 Å². The van der Waals surface area contributed by atoms with Crippen molar-refractivity contribution in [2.75, 3.05) is 26.0 Å². The third kappa shape index (κ3) is 4.98. The molecule has 1 aliphatic rings. The maximum atomic E-state index is 13.0. The second kappa shape index (κ2) is 8.83. The lowest BCUT2D eigenvalue weighted by molar-refractivity contribution is 0.0525. The zero-order chi connectivity index (χ0) is 24.8.